The fourth-order valence-corrected chi connectivity index (χ4v) is 2.96. The van der Waals surface area contributed by atoms with Gasteiger partial charge in [-0.3, -0.25) is 4.98 Å². The molecule has 0 aromatic carbocycles. The molecule has 1 unspecified atom stereocenters. The van der Waals surface area contributed by atoms with Crippen LogP contribution in [0.3, 0.4) is 0 Å². The first kappa shape index (κ1) is 16.3. The number of hydrogen-bond acceptors (Lipinski definition) is 4. The van der Waals surface area contributed by atoms with E-state index in [1.807, 2.05) is 31.9 Å². The number of nitrogens with one attached hydrogen (secondary N) is 1. The van der Waals surface area contributed by atoms with Crippen LogP contribution in [0.25, 0.3) is 0 Å². The van der Waals surface area contributed by atoms with Crippen molar-refractivity contribution in [2.24, 2.45) is 0 Å². The molecule has 1 N–H and O–H groups in total. The smallest absolute Gasteiger partial charge is 0.128 e. The molecular formula is C15H26N2OS. The van der Waals surface area contributed by atoms with Gasteiger partial charge >= 0.3 is 0 Å². The molecular weight excluding hydrogens is 256 g/mol. The number of thioether (sulfide) groups is 1. The number of methoxy groups -OCH3 is 1. The fraction of sp³-hybridized carbons (Fsp3) is 0.667. The second kappa shape index (κ2) is 7.75. The average molecular weight is 282 g/mol. The number of aryl methyl sites for hydroxylation is 1. The standard InChI is InChI=1S/C15H26N2OS/c1-10(2)19-9-13(16-5)7-14-12(4)15(18-6)11(3)8-17-14/h8,10,13,16H,7,9H2,1-6H3. The molecule has 0 saturated carbocycles. The van der Waals surface area contributed by atoms with Crippen molar-refractivity contribution in [1.82, 2.24) is 10.3 Å². The van der Waals surface area contributed by atoms with Crippen LogP contribution in [0.5, 0.6) is 5.75 Å². The number of ether oxygens (including phenoxy) is 1. The normalized spacial score (nSPS) is 12.8. The second-order valence-electron chi connectivity index (χ2n) is 5.12. The van der Waals surface area contributed by atoms with Crippen molar-refractivity contribution >= 4 is 11.8 Å². The van der Waals surface area contributed by atoms with Gasteiger partial charge in [-0.2, -0.15) is 11.8 Å². The van der Waals surface area contributed by atoms with E-state index in [1.54, 1.807) is 7.11 Å². The van der Waals surface area contributed by atoms with Crippen LogP contribution in [0.15, 0.2) is 6.20 Å². The van der Waals surface area contributed by atoms with E-state index in [2.05, 4.69) is 31.1 Å². The van der Waals surface area contributed by atoms with Crippen LogP contribution in [0.1, 0.15) is 30.7 Å². The first-order chi connectivity index (χ1) is 8.99. The zero-order chi connectivity index (χ0) is 14.4. The van der Waals surface area contributed by atoms with Crippen LogP contribution in [-0.2, 0) is 6.42 Å². The first-order valence-electron chi connectivity index (χ1n) is 6.77. The Labute approximate surface area is 121 Å². The summed E-state index contributed by atoms with van der Waals surface area (Å²) in [5.41, 5.74) is 3.39. The molecule has 108 valence electrons. The van der Waals surface area contributed by atoms with Gasteiger partial charge in [-0.1, -0.05) is 13.8 Å². The number of pyridine rings is 1. The molecule has 0 aliphatic heterocycles. The lowest BCUT2D eigenvalue weighted by Crippen LogP contribution is -2.31. The zero-order valence-corrected chi connectivity index (χ0v) is 13.7. The first-order valence-corrected chi connectivity index (χ1v) is 7.82. The summed E-state index contributed by atoms with van der Waals surface area (Å²) in [6.07, 6.45) is 2.85. The monoisotopic (exact) mass is 282 g/mol. The number of rotatable bonds is 7. The van der Waals surface area contributed by atoms with E-state index in [9.17, 15) is 0 Å². The lowest BCUT2D eigenvalue weighted by atomic mass is 10.1. The van der Waals surface area contributed by atoms with E-state index in [-0.39, 0.29) is 0 Å². The molecule has 1 heterocycles. The van der Waals surface area contributed by atoms with Crippen molar-refractivity contribution in [3.05, 3.63) is 23.0 Å². The Morgan fingerprint density at radius 2 is 2.05 bits per heavy atom. The van der Waals surface area contributed by atoms with E-state index in [4.69, 9.17) is 4.74 Å². The molecule has 0 radical (unpaired) electrons. The maximum atomic E-state index is 5.46. The molecule has 0 aliphatic rings. The van der Waals surface area contributed by atoms with Gasteiger partial charge < -0.3 is 10.1 Å². The van der Waals surface area contributed by atoms with E-state index in [0.29, 0.717) is 11.3 Å². The van der Waals surface area contributed by atoms with E-state index < -0.39 is 0 Å². The third-order valence-electron chi connectivity index (χ3n) is 3.23. The minimum Gasteiger partial charge on any atom is -0.496 e. The molecule has 1 atom stereocenters. The Balaban J connectivity index is 2.80. The summed E-state index contributed by atoms with van der Waals surface area (Å²) in [4.78, 5) is 4.57. The Kier molecular flexibility index (Phi) is 6.66. The highest BCUT2D eigenvalue weighted by Gasteiger charge is 2.14. The van der Waals surface area contributed by atoms with Gasteiger partial charge in [-0.15, -0.1) is 0 Å². The van der Waals surface area contributed by atoms with Crippen molar-refractivity contribution in [3.8, 4) is 5.75 Å². The maximum Gasteiger partial charge on any atom is 0.128 e. The van der Waals surface area contributed by atoms with Crippen LogP contribution in [0.2, 0.25) is 0 Å². The molecule has 0 fully saturated rings. The minimum atomic E-state index is 0.450. The SMILES string of the molecule is CNC(CSC(C)C)Cc1ncc(C)c(OC)c1C. The predicted molar refractivity (Wildman–Crippen MR) is 84.4 cm³/mol. The summed E-state index contributed by atoms with van der Waals surface area (Å²) in [6, 6.07) is 0.450. The summed E-state index contributed by atoms with van der Waals surface area (Å²) in [7, 11) is 3.75. The molecule has 0 aliphatic carbocycles. The molecule has 1 rings (SSSR count). The van der Waals surface area contributed by atoms with Gasteiger partial charge in [0.25, 0.3) is 0 Å². The molecule has 0 saturated heterocycles. The summed E-state index contributed by atoms with van der Waals surface area (Å²) in [6.45, 7) is 8.59. The summed E-state index contributed by atoms with van der Waals surface area (Å²) < 4.78 is 5.46. The average Bonchev–Trinajstić information content (AvgIpc) is 2.37. The van der Waals surface area contributed by atoms with Gasteiger partial charge in [-0.25, -0.2) is 0 Å². The van der Waals surface area contributed by atoms with Crippen LogP contribution < -0.4 is 10.1 Å². The molecule has 1 aromatic rings. The lowest BCUT2D eigenvalue weighted by Gasteiger charge is -2.19. The van der Waals surface area contributed by atoms with Crippen molar-refractivity contribution in [1.29, 1.82) is 0 Å². The molecule has 0 bridgehead atoms. The predicted octanol–water partition coefficient (Wildman–Crippen LogP) is 2.98. The van der Waals surface area contributed by atoms with E-state index in [0.717, 1.165) is 34.7 Å². The second-order valence-corrected chi connectivity index (χ2v) is 6.73. The summed E-state index contributed by atoms with van der Waals surface area (Å²) >= 11 is 1.98. The number of hydrogen-bond donors (Lipinski definition) is 1. The quantitative estimate of drug-likeness (QED) is 0.834. The molecule has 0 amide bonds. The van der Waals surface area contributed by atoms with Gasteiger partial charge in [0.2, 0.25) is 0 Å². The van der Waals surface area contributed by atoms with Crippen LogP contribution in [0.4, 0.5) is 0 Å². The molecule has 3 nitrogen and oxygen atoms in total. The van der Waals surface area contributed by atoms with E-state index >= 15 is 0 Å². The molecule has 1 aromatic heterocycles. The maximum absolute atomic E-state index is 5.46. The van der Waals surface area contributed by atoms with Gasteiger partial charge in [0.15, 0.2) is 0 Å². The van der Waals surface area contributed by atoms with Gasteiger partial charge in [0.1, 0.15) is 5.75 Å². The number of likely N-dealkylation sites (N-methyl/N-ethyl adjacent to an activating group) is 1. The van der Waals surface area contributed by atoms with Gasteiger partial charge in [0, 0.05) is 41.2 Å². The van der Waals surface area contributed by atoms with Gasteiger partial charge in [-0.05, 0) is 26.1 Å². The number of nitrogens with zero attached hydrogens (tertiary/aromatic N) is 1. The van der Waals surface area contributed by atoms with Crippen molar-refractivity contribution < 1.29 is 4.74 Å². The molecule has 0 spiro atoms. The van der Waals surface area contributed by atoms with Crippen LogP contribution in [-0.4, -0.2) is 36.2 Å². The van der Waals surface area contributed by atoms with Crippen molar-refractivity contribution in [2.75, 3.05) is 19.9 Å². The lowest BCUT2D eigenvalue weighted by molar-refractivity contribution is 0.406. The third kappa shape index (κ3) is 4.69. The topological polar surface area (TPSA) is 34.2 Å². The summed E-state index contributed by atoms with van der Waals surface area (Å²) in [5, 5.41) is 4.05. The fourth-order valence-electron chi connectivity index (χ4n) is 2.06. The highest BCUT2D eigenvalue weighted by molar-refractivity contribution is 7.99. The highest BCUT2D eigenvalue weighted by atomic mass is 32.2. The highest BCUT2D eigenvalue weighted by Crippen LogP contribution is 2.25. The summed E-state index contributed by atoms with van der Waals surface area (Å²) in [5.74, 6) is 2.07. The Bertz CT molecular complexity index is 407. The third-order valence-corrected chi connectivity index (χ3v) is 4.49. The number of aromatic nitrogens is 1. The van der Waals surface area contributed by atoms with Gasteiger partial charge in [0.05, 0.1) is 7.11 Å². The van der Waals surface area contributed by atoms with Crippen molar-refractivity contribution in [2.45, 2.75) is 45.4 Å². The van der Waals surface area contributed by atoms with Crippen LogP contribution in [0, 0.1) is 13.8 Å². The molecule has 4 heteroatoms. The van der Waals surface area contributed by atoms with E-state index in [1.165, 1.54) is 0 Å². The minimum absolute atomic E-state index is 0.450. The van der Waals surface area contributed by atoms with Crippen molar-refractivity contribution in [3.63, 3.8) is 0 Å². The Morgan fingerprint density at radius 1 is 1.37 bits per heavy atom. The zero-order valence-electron chi connectivity index (χ0n) is 12.9. The largest absolute Gasteiger partial charge is 0.496 e. The van der Waals surface area contributed by atoms with Crippen LogP contribution >= 0.6 is 11.8 Å². The Morgan fingerprint density at radius 3 is 2.58 bits per heavy atom. The Hall–Kier alpha value is -0.740. The molecule has 19 heavy (non-hydrogen) atoms.